The molecule has 5 heteroatoms. The van der Waals surface area contributed by atoms with E-state index in [1.54, 1.807) is 0 Å². The van der Waals surface area contributed by atoms with Crippen molar-refractivity contribution in [1.82, 2.24) is 24.9 Å². The van der Waals surface area contributed by atoms with Crippen LogP contribution in [-0.4, -0.2) is 24.9 Å². The van der Waals surface area contributed by atoms with E-state index in [1.165, 1.54) is 0 Å². The molecule has 2 aromatic heterocycles. The first kappa shape index (κ1) is 34.6. The standard InChI is InChI=1S/C53H35N5/c1-5-19-37(20-6-1)47-35-48(55-50(54-47)38-21-7-2-8-22-38)42-28-17-27-41(34-42)43-29-15-16-31-45(43)49-44-30-14-13-18-36(44)32-33-46(49)53-57-51(39-23-9-3-10-24-39)56-52(58-53)40-25-11-4-12-26-40/h1-35H. The Kier molecular flexibility index (Phi) is 9.14. The summed E-state index contributed by atoms with van der Waals surface area (Å²) in [5.74, 6) is 2.54. The van der Waals surface area contributed by atoms with Crippen LogP contribution in [0.2, 0.25) is 0 Å². The summed E-state index contributed by atoms with van der Waals surface area (Å²) >= 11 is 0. The molecule has 0 amide bonds. The Morgan fingerprint density at radius 3 is 1.31 bits per heavy atom. The molecular weight excluding hydrogens is 707 g/mol. The third kappa shape index (κ3) is 6.82. The Morgan fingerprint density at radius 1 is 0.241 bits per heavy atom. The van der Waals surface area contributed by atoms with Crippen LogP contribution in [0.3, 0.4) is 0 Å². The Bertz CT molecular complexity index is 2930. The monoisotopic (exact) mass is 741 g/mol. The molecule has 0 fully saturated rings. The van der Waals surface area contributed by atoms with Gasteiger partial charge in [0, 0.05) is 38.9 Å². The topological polar surface area (TPSA) is 64.5 Å². The van der Waals surface area contributed by atoms with Crippen LogP contribution in [0.5, 0.6) is 0 Å². The minimum atomic E-state index is 0.611. The molecule has 10 rings (SSSR count). The van der Waals surface area contributed by atoms with Crippen LogP contribution in [0.15, 0.2) is 212 Å². The van der Waals surface area contributed by atoms with Gasteiger partial charge in [0.15, 0.2) is 23.3 Å². The molecule has 0 saturated heterocycles. The quantitative estimate of drug-likeness (QED) is 0.155. The molecule has 0 aliphatic heterocycles. The lowest BCUT2D eigenvalue weighted by Gasteiger charge is -2.18. The molecule has 10 aromatic rings. The number of nitrogens with zero attached hydrogens (tertiary/aromatic N) is 5. The van der Waals surface area contributed by atoms with Gasteiger partial charge in [-0.2, -0.15) is 0 Å². The average molecular weight is 742 g/mol. The fourth-order valence-electron chi connectivity index (χ4n) is 7.54. The number of rotatable bonds is 8. The highest BCUT2D eigenvalue weighted by atomic mass is 15.0. The minimum Gasteiger partial charge on any atom is -0.228 e. The van der Waals surface area contributed by atoms with Gasteiger partial charge >= 0.3 is 0 Å². The van der Waals surface area contributed by atoms with E-state index < -0.39 is 0 Å². The van der Waals surface area contributed by atoms with Gasteiger partial charge in [0.2, 0.25) is 0 Å². The van der Waals surface area contributed by atoms with Gasteiger partial charge in [-0.1, -0.05) is 194 Å². The second-order valence-corrected chi connectivity index (χ2v) is 14.1. The molecule has 2 heterocycles. The molecule has 0 saturated carbocycles. The number of hydrogen-bond acceptors (Lipinski definition) is 5. The van der Waals surface area contributed by atoms with Gasteiger partial charge in [-0.3, -0.25) is 0 Å². The van der Waals surface area contributed by atoms with E-state index in [0.717, 1.165) is 77.8 Å². The van der Waals surface area contributed by atoms with Crippen molar-refractivity contribution in [2.24, 2.45) is 0 Å². The van der Waals surface area contributed by atoms with Crippen LogP contribution in [0.1, 0.15) is 0 Å². The zero-order valence-electron chi connectivity index (χ0n) is 31.4. The third-order valence-corrected chi connectivity index (χ3v) is 10.4. The number of benzene rings is 8. The second-order valence-electron chi connectivity index (χ2n) is 14.1. The summed E-state index contributed by atoms with van der Waals surface area (Å²) in [6.45, 7) is 0. The molecule has 58 heavy (non-hydrogen) atoms. The van der Waals surface area contributed by atoms with E-state index >= 15 is 0 Å². The van der Waals surface area contributed by atoms with Crippen LogP contribution in [0.25, 0.3) is 101 Å². The summed E-state index contributed by atoms with van der Waals surface area (Å²) in [7, 11) is 0. The summed E-state index contributed by atoms with van der Waals surface area (Å²) in [4.78, 5) is 25.5. The van der Waals surface area contributed by atoms with Crippen molar-refractivity contribution in [3.05, 3.63) is 212 Å². The van der Waals surface area contributed by atoms with Gasteiger partial charge in [-0.05, 0) is 45.7 Å². The predicted molar refractivity (Wildman–Crippen MR) is 236 cm³/mol. The summed E-state index contributed by atoms with van der Waals surface area (Å²) < 4.78 is 0. The molecule has 0 bridgehead atoms. The Morgan fingerprint density at radius 2 is 0.690 bits per heavy atom. The number of hydrogen-bond donors (Lipinski definition) is 0. The summed E-state index contributed by atoms with van der Waals surface area (Å²) in [6.07, 6.45) is 0. The molecule has 5 nitrogen and oxygen atoms in total. The molecule has 8 aromatic carbocycles. The summed E-state index contributed by atoms with van der Waals surface area (Å²) in [5.41, 5.74) is 11.8. The average Bonchev–Trinajstić information content (AvgIpc) is 3.32. The van der Waals surface area contributed by atoms with E-state index in [4.69, 9.17) is 24.9 Å². The van der Waals surface area contributed by atoms with Crippen molar-refractivity contribution in [3.8, 4) is 90.3 Å². The molecule has 0 radical (unpaired) electrons. The molecule has 0 aliphatic rings. The smallest absolute Gasteiger partial charge is 0.164 e. The molecule has 0 spiro atoms. The highest BCUT2D eigenvalue weighted by molar-refractivity contribution is 6.06. The first-order valence-electron chi connectivity index (χ1n) is 19.3. The molecule has 0 atom stereocenters. The Balaban J connectivity index is 1.16. The second kappa shape index (κ2) is 15.3. The molecule has 0 aliphatic carbocycles. The maximum absolute atomic E-state index is 5.18. The SMILES string of the molecule is c1ccc(-c2cc(-c3cccc(-c4ccccc4-c4c(-c5nc(-c6ccccc6)nc(-c6ccccc6)n5)ccc5ccccc45)c3)nc(-c3ccccc3)n2)cc1. The first-order valence-corrected chi connectivity index (χ1v) is 19.3. The lowest BCUT2D eigenvalue weighted by Crippen LogP contribution is -2.01. The zero-order valence-corrected chi connectivity index (χ0v) is 31.4. The van der Waals surface area contributed by atoms with Crippen LogP contribution in [0, 0.1) is 0 Å². The first-order chi connectivity index (χ1) is 28.7. The van der Waals surface area contributed by atoms with E-state index in [2.05, 4.69) is 115 Å². The highest BCUT2D eigenvalue weighted by Crippen LogP contribution is 2.43. The van der Waals surface area contributed by atoms with Crippen LogP contribution in [-0.2, 0) is 0 Å². The minimum absolute atomic E-state index is 0.611. The Hall–Kier alpha value is -7.89. The van der Waals surface area contributed by atoms with Crippen LogP contribution in [0.4, 0.5) is 0 Å². The lowest BCUT2D eigenvalue weighted by molar-refractivity contribution is 1.07. The molecule has 0 unspecified atom stereocenters. The van der Waals surface area contributed by atoms with Gasteiger partial charge < -0.3 is 0 Å². The van der Waals surface area contributed by atoms with Gasteiger partial charge in [-0.25, -0.2) is 24.9 Å². The fraction of sp³-hybridized carbons (Fsp3) is 0. The fourth-order valence-corrected chi connectivity index (χ4v) is 7.54. The van der Waals surface area contributed by atoms with E-state index in [0.29, 0.717) is 23.3 Å². The molecular formula is C53H35N5. The Labute approximate surface area is 337 Å². The van der Waals surface area contributed by atoms with E-state index in [9.17, 15) is 0 Å². The summed E-state index contributed by atoms with van der Waals surface area (Å²) in [6, 6.07) is 72.9. The maximum Gasteiger partial charge on any atom is 0.164 e. The van der Waals surface area contributed by atoms with E-state index in [-0.39, 0.29) is 0 Å². The van der Waals surface area contributed by atoms with Crippen molar-refractivity contribution in [2.45, 2.75) is 0 Å². The molecule has 0 N–H and O–H groups in total. The van der Waals surface area contributed by atoms with E-state index in [1.807, 2.05) is 97.1 Å². The van der Waals surface area contributed by atoms with Crippen molar-refractivity contribution >= 4 is 10.8 Å². The van der Waals surface area contributed by atoms with Crippen LogP contribution >= 0.6 is 0 Å². The van der Waals surface area contributed by atoms with Crippen LogP contribution < -0.4 is 0 Å². The van der Waals surface area contributed by atoms with Crippen molar-refractivity contribution < 1.29 is 0 Å². The zero-order chi connectivity index (χ0) is 38.7. The normalized spacial score (nSPS) is 11.1. The maximum atomic E-state index is 5.18. The highest BCUT2D eigenvalue weighted by Gasteiger charge is 2.20. The van der Waals surface area contributed by atoms with Crippen molar-refractivity contribution in [2.75, 3.05) is 0 Å². The van der Waals surface area contributed by atoms with Gasteiger partial charge in [-0.15, -0.1) is 0 Å². The molecule has 272 valence electrons. The van der Waals surface area contributed by atoms with Gasteiger partial charge in [0.1, 0.15) is 0 Å². The third-order valence-electron chi connectivity index (χ3n) is 10.4. The van der Waals surface area contributed by atoms with Gasteiger partial charge in [0.25, 0.3) is 0 Å². The number of fused-ring (bicyclic) bond motifs is 1. The van der Waals surface area contributed by atoms with Crippen molar-refractivity contribution in [3.63, 3.8) is 0 Å². The van der Waals surface area contributed by atoms with Gasteiger partial charge in [0.05, 0.1) is 11.4 Å². The number of aromatic nitrogens is 5. The predicted octanol–water partition coefficient (Wildman–Crippen LogP) is 13.2. The van der Waals surface area contributed by atoms with Crippen molar-refractivity contribution in [1.29, 1.82) is 0 Å². The summed E-state index contributed by atoms with van der Waals surface area (Å²) in [5, 5.41) is 2.25. The largest absolute Gasteiger partial charge is 0.228 e. The lowest BCUT2D eigenvalue weighted by atomic mass is 9.87.